The van der Waals surface area contributed by atoms with E-state index in [0.29, 0.717) is 27.1 Å². The zero-order chi connectivity index (χ0) is 26.5. The number of phenolic OH excluding ortho intramolecular Hbond substituents is 1. The lowest BCUT2D eigenvalue weighted by Crippen LogP contribution is -2.32. The van der Waals surface area contributed by atoms with Gasteiger partial charge in [0.05, 0.1) is 23.5 Å². The Bertz CT molecular complexity index is 1370. The van der Waals surface area contributed by atoms with Gasteiger partial charge in [-0.25, -0.2) is 9.69 Å². The quantitative estimate of drug-likeness (QED) is 0.132. The Morgan fingerprint density at radius 1 is 0.973 bits per heavy atom. The van der Waals surface area contributed by atoms with Crippen LogP contribution < -0.4 is 10.2 Å². The van der Waals surface area contributed by atoms with Gasteiger partial charge in [0, 0.05) is 14.9 Å². The lowest BCUT2D eigenvalue weighted by molar-refractivity contribution is -0.120. The number of phenols is 1. The zero-order valence-electron chi connectivity index (χ0n) is 19.7. The summed E-state index contributed by atoms with van der Waals surface area (Å²) in [5.74, 6) is -1.81. The Morgan fingerprint density at radius 3 is 2.32 bits per heavy atom. The highest BCUT2D eigenvalue weighted by Crippen LogP contribution is 2.39. The van der Waals surface area contributed by atoms with Crippen LogP contribution in [0.25, 0.3) is 0 Å². The Morgan fingerprint density at radius 2 is 1.65 bits per heavy atom. The van der Waals surface area contributed by atoms with Crippen LogP contribution in [0.15, 0.2) is 82.2 Å². The highest BCUT2D eigenvalue weighted by molar-refractivity contribution is 8.04. The van der Waals surface area contributed by atoms with Crippen LogP contribution in [0.3, 0.4) is 0 Å². The molecule has 4 rings (SSSR count). The van der Waals surface area contributed by atoms with Crippen molar-refractivity contribution in [3.05, 3.63) is 92.9 Å². The van der Waals surface area contributed by atoms with E-state index in [1.54, 1.807) is 24.3 Å². The third kappa shape index (κ3) is 6.10. The minimum absolute atomic E-state index is 0.0226. The number of nitrogens with zero attached hydrogens (tertiary/aromatic N) is 1. The lowest BCUT2D eigenvalue weighted by atomic mass is 10.2. The Labute approximate surface area is 228 Å². The van der Waals surface area contributed by atoms with Crippen LogP contribution in [0, 0.1) is 0 Å². The second-order valence-electron chi connectivity index (χ2n) is 8.03. The number of carbonyl (C=O) groups excluding carboxylic acids is 3. The van der Waals surface area contributed by atoms with E-state index < -0.39 is 17.8 Å². The molecule has 10 heteroatoms. The van der Waals surface area contributed by atoms with Crippen LogP contribution in [-0.4, -0.2) is 29.5 Å². The first-order valence-electron chi connectivity index (χ1n) is 11.4. The molecule has 0 aromatic heterocycles. The summed E-state index contributed by atoms with van der Waals surface area (Å²) in [6, 6.07) is 17.2. The molecule has 0 spiro atoms. The number of carbonyl (C=O) groups is 3. The first-order valence-corrected chi connectivity index (χ1v) is 12.9. The number of thioether (sulfide) groups is 1. The summed E-state index contributed by atoms with van der Waals surface area (Å²) in [6.07, 6.45) is 1.66. The molecule has 2 amide bonds. The highest BCUT2D eigenvalue weighted by atomic mass is 35.5. The molecule has 0 fully saturated rings. The Kier molecular flexibility index (Phi) is 8.43. The fraction of sp³-hybridized carbons (Fsp3) is 0.148. The zero-order valence-corrected chi connectivity index (χ0v) is 22.0. The standard InChI is InChI=1S/C27H22Cl2N2O5S/c1-2-3-14-36-27(35)16-4-9-19(10-5-16)31-25(33)23(30-21-15-18(29)8-13-22(21)32)24(26(31)34)37-20-11-6-17(28)7-12-20/h4-13,15,30,32H,2-3,14H2,1H3. The molecule has 7 nitrogen and oxygen atoms in total. The maximum Gasteiger partial charge on any atom is 0.338 e. The van der Waals surface area contributed by atoms with Crippen molar-refractivity contribution in [1.82, 2.24) is 0 Å². The lowest BCUT2D eigenvalue weighted by Gasteiger charge is -2.16. The van der Waals surface area contributed by atoms with Crippen LogP contribution in [0.2, 0.25) is 10.0 Å². The molecule has 0 radical (unpaired) electrons. The molecule has 1 aliphatic heterocycles. The van der Waals surface area contributed by atoms with Gasteiger partial charge >= 0.3 is 5.97 Å². The molecule has 3 aromatic carbocycles. The number of imide groups is 1. The number of unbranched alkanes of at least 4 members (excludes halogenated alkanes) is 1. The first-order chi connectivity index (χ1) is 17.8. The summed E-state index contributed by atoms with van der Waals surface area (Å²) in [7, 11) is 0. The summed E-state index contributed by atoms with van der Waals surface area (Å²) in [6.45, 7) is 2.32. The first kappa shape index (κ1) is 26.6. The van der Waals surface area contributed by atoms with Crippen LogP contribution in [-0.2, 0) is 14.3 Å². The number of halogens is 2. The number of ether oxygens (including phenoxy) is 1. The van der Waals surface area contributed by atoms with Gasteiger partial charge in [0.25, 0.3) is 11.8 Å². The van der Waals surface area contributed by atoms with E-state index in [1.165, 1.54) is 42.5 Å². The van der Waals surface area contributed by atoms with Gasteiger partial charge in [-0.15, -0.1) is 0 Å². The molecule has 0 bridgehead atoms. The second kappa shape index (κ2) is 11.7. The average Bonchev–Trinajstić information content (AvgIpc) is 3.11. The molecule has 37 heavy (non-hydrogen) atoms. The maximum atomic E-state index is 13.5. The van der Waals surface area contributed by atoms with E-state index in [9.17, 15) is 19.5 Å². The average molecular weight is 557 g/mol. The monoisotopic (exact) mass is 556 g/mol. The van der Waals surface area contributed by atoms with E-state index in [1.807, 2.05) is 6.92 Å². The predicted octanol–water partition coefficient (Wildman–Crippen LogP) is 6.65. The summed E-state index contributed by atoms with van der Waals surface area (Å²) in [4.78, 5) is 41.1. The van der Waals surface area contributed by atoms with Crippen molar-refractivity contribution < 1.29 is 24.2 Å². The number of hydrogen-bond acceptors (Lipinski definition) is 7. The van der Waals surface area contributed by atoms with Crippen molar-refractivity contribution in [2.75, 3.05) is 16.8 Å². The number of esters is 1. The molecule has 0 atom stereocenters. The van der Waals surface area contributed by atoms with Gasteiger partial charge in [0.1, 0.15) is 16.4 Å². The topological polar surface area (TPSA) is 95.9 Å². The number of aromatic hydroxyl groups is 1. The molecule has 190 valence electrons. The minimum Gasteiger partial charge on any atom is -0.506 e. The Hall–Kier alpha value is -3.46. The van der Waals surface area contributed by atoms with Crippen molar-refractivity contribution >= 4 is 64.1 Å². The van der Waals surface area contributed by atoms with Crippen molar-refractivity contribution in [2.24, 2.45) is 0 Å². The van der Waals surface area contributed by atoms with E-state index >= 15 is 0 Å². The summed E-state index contributed by atoms with van der Waals surface area (Å²) < 4.78 is 5.22. The van der Waals surface area contributed by atoms with Gasteiger partial charge in [-0.05, 0) is 73.2 Å². The van der Waals surface area contributed by atoms with E-state index in [0.717, 1.165) is 29.5 Å². The number of hydrogen-bond donors (Lipinski definition) is 2. The third-order valence-electron chi connectivity index (χ3n) is 5.39. The Balaban J connectivity index is 1.65. The molecule has 2 N–H and O–H groups in total. The molecule has 3 aromatic rings. The minimum atomic E-state index is -0.626. The van der Waals surface area contributed by atoms with Crippen LogP contribution in [0.4, 0.5) is 11.4 Å². The maximum absolute atomic E-state index is 13.5. The van der Waals surface area contributed by atoms with Gasteiger partial charge in [0.15, 0.2) is 0 Å². The van der Waals surface area contributed by atoms with E-state index in [2.05, 4.69) is 5.32 Å². The third-order valence-corrected chi connectivity index (χ3v) is 6.96. The molecule has 0 aliphatic carbocycles. The number of amides is 2. The molecule has 0 saturated carbocycles. The smallest absolute Gasteiger partial charge is 0.338 e. The van der Waals surface area contributed by atoms with Gasteiger partial charge in [-0.1, -0.05) is 48.3 Å². The van der Waals surface area contributed by atoms with Gasteiger partial charge in [-0.2, -0.15) is 0 Å². The van der Waals surface area contributed by atoms with Crippen molar-refractivity contribution in [3.63, 3.8) is 0 Å². The van der Waals surface area contributed by atoms with Crippen molar-refractivity contribution in [3.8, 4) is 5.75 Å². The molecule has 1 aliphatic rings. The fourth-order valence-corrected chi connectivity index (χ4v) is 4.68. The van der Waals surface area contributed by atoms with Gasteiger partial charge in [-0.3, -0.25) is 9.59 Å². The van der Waals surface area contributed by atoms with Crippen LogP contribution >= 0.6 is 35.0 Å². The molecular weight excluding hydrogens is 535 g/mol. The van der Waals surface area contributed by atoms with Crippen LogP contribution in [0.1, 0.15) is 30.1 Å². The molecule has 0 unspecified atom stereocenters. The second-order valence-corrected chi connectivity index (χ2v) is 9.99. The fourth-order valence-electron chi connectivity index (χ4n) is 3.45. The largest absolute Gasteiger partial charge is 0.506 e. The van der Waals surface area contributed by atoms with Crippen molar-refractivity contribution in [2.45, 2.75) is 24.7 Å². The number of rotatable bonds is 9. The van der Waals surface area contributed by atoms with Gasteiger partial charge < -0.3 is 15.2 Å². The van der Waals surface area contributed by atoms with Crippen LogP contribution in [0.5, 0.6) is 5.75 Å². The highest BCUT2D eigenvalue weighted by Gasteiger charge is 2.40. The van der Waals surface area contributed by atoms with E-state index in [4.69, 9.17) is 27.9 Å². The van der Waals surface area contributed by atoms with E-state index in [-0.39, 0.29) is 27.7 Å². The normalized spacial score (nSPS) is 13.3. The molecule has 1 heterocycles. The van der Waals surface area contributed by atoms with Crippen molar-refractivity contribution in [1.29, 1.82) is 0 Å². The molecular formula is C27H22Cl2N2O5S. The van der Waals surface area contributed by atoms with Gasteiger partial charge in [0.2, 0.25) is 0 Å². The summed E-state index contributed by atoms with van der Waals surface area (Å²) >= 11 is 13.1. The number of anilines is 2. The SMILES string of the molecule is CCCCOC(=O)c1ccc(N2C(=O)C(Nc3cc(Cl)ccc3O)=C(Sc3ccc(Cl)cc3)C2=O)cc1. The summed E-state index contributed by atoms with van der Waals surface area (Å²) in [5, 5.41) is 14.0. The summed E-state index contributed by atoms with van der Waals surface area (Å²) in [5.41, 5.74) is 0.738. The molecule has 0 saturated heterocycles. The predicted molar refractivity (Wildman–Crippen MR) is 145 cm³/mol. The number of nitrogens with one attached hydrogen (secondary N) is 1. The number of benzene rings is 3.